The minimum Gasteiger partial charge on any atom is -0.497 e. The van der Waals surface area contributed by atoms with E-state index in [-0.39, 0.29) is 16.5 Å². The molecule has 0 aromatic heterocycles. The number of methoxy groups -OCH3 is 1. The summed E-state index contributed by atoms with van der Waals surface area (Å²) in [6.45, 7) is 4.05. The summed E-state index contributed by atoms with van der Waals surface area (Å²) in [5.41, 5.74) is 2.99. The fourth-order valence-electron chi connectivity index (χ4n) is 2.30. The van der Waals surface area contributed by atoms with Gasteiger partial charge < -0.3 is 4.74 Å². The molecule has 4 heteroatoms. The summed E-state index contributed by atoms with van der Waals surface area (Å²) < 4.78 is 5.15. The molecule has 2 rings (SSSR count). The van der Waals surface area contributed by atoms with Gasteiger partial charge in [-0.3, -0.25) is 10.1 Å². The maximum Gasteiger partial charge on any atom is 0.272 e. The highest BCUT2D eigenvalue weighted by molar-refractivity contribution is 5.67. The first-order chi connectivity index (χ1) is 10.1. The molecule has 0 spiro atoms. The third kappa shape index (κ3) is 3.21. The summed E-state index contributed by atoms with van der Waals surface area (Å²) in [5, 5.41) is 11.2. The molecule has 2 aromatic carbocycles. The summed E-state index contributed by atoms with van der Waals surface area (Å²) in [5.74, 6) is 0.950. The minimum atomic E-state index is -0.306. The maximum atomic E-state index is 11.2. The molecular formula is C17H19NO3. The summed E-state index contributed by atoms with van der Waals surface area (Å²) in [4.78, 5) is 10.9. The van der Waals surface area contributed by atoms with Crippen molar-refractivity contribution in [2.75, 3.05) is 7.11 Å². The van der Waals surface area contributed by atoms with Crippen LogP contribution in [-0.2, 0) is 0 Å². The molecule has 110 valence electrons. The number of nitrogens with zero attached hydrogens (tertiary/aromatic N) is 1. The van der Waals surface area contributed by atoms with E-state index in [1.54, 1.807) is 19.2 Å². The fraction of sp³-hybridized carbons (Fsp3) is 0.294. The van der Waals surface area contributed by atoms with Crippen LogP contribution in [0, 0.1) is 10.1 Å². The largest absolute Gasteiger partial charge is 0.497 e. The highest BCUT2D eigenvalue weighted by atomic mass is 16.6. The Bertz CT molecular complexity index is 635. The quantitative estimate of drug-likeness (QED) is 0.586. The van der Waals surface area contributed by atoms with Crippen LogP contribution in [0.4, 0.5) is 5.69 Å². The van der Waals surface area contributed by atoms with E-state index in [1.807, 2.05) is 44.2 Å². The third-order valence-electron chi connectivity index (χ3n) is 3.79. The van der Waals surface area contributed by atoms with Gasteiger partial charge in [0.2, 0.25) is 0 Å². The fourth-order valence-corrected chi connectivity index (χ4v) is 2.30. The molecule has 0 heterocycles. The second kappa shape index (κ2) is 6.39. The van der Waals surface area contributed by atoms with Crippen LogP contribution in [0.1, 0.15) is 31.7 Å². The van der Waals surface area contributed by atoms with Crippen molar-refractivity contribution >= 4 is 5.69 Å². The van der Waals surface area contributed by atoms with Gasteiger partial charge in [0.05, 0.1) is 12.0 Å². The lowest BCUT2D eigenvalue weighted by molar-refractivity contribution is -0.385. The van der Waals surface area contributed by atoms with Crippen LogP contribution in [-0.4, -0.2) is 12.0 Å². The molecule has 2 aromatic rings. The molecule has 0 aliphatic heterocycles. The predicted octanol–water partition coefficient (Wildman–Crippen LogP) is 4.78. The van der Waals surface area contributed by atoms with Crippen molar-refractivity contribution in [2.45, 2.75) is 26.2 Å². The van der Waals surface area contributed by atoms with E-state index in [4.69, 9.17) is 4.74 Å². The van der Waals surface area contributed by atoms with Crippen LogP contribution in [0.2, 0.25) is 0 Å². The number of rotatable bonds is 5. The average molecular weight is 285 g/mol. The number of nitro benzene ring substituents is 1. The molecule has 0 aliphatic carbocycles. The summed E-state index contributed by atoms with van der Waals surface area (Å²) in [7, 11) is 1.63. The van der Waals surface area contributed by atoms with Crippen molar-refractivity contribution in [2.24, 2.45) is 0 Å². The van der Waals surface area contributed by atoms with E-state index in [1.165, 1.54) is 0 Å². The highest BCUT2D eigenvalue weighted by Gasteiger charge is 2.18. The summed E-state index contributed by atoms with van der Waals surface area (Å²) in [6.07, 6.45) is 0.868. The van der Waals surface area contributed by atoms with Crippen molar-refractivity contribution in [1.82, 2.24) is 0 Å². The molecule has 0 N–H and O–H groups in total. The smallest absolute Gasteiger partial charge is 0.272 e. The molecule has 0 saturated carbocycles. The van der Waals surface area contributed by atoms with Gasteiger partial charge in [-0.2, -0.15) is 0 Å². The first-order valence-corrected chi connectivity index (χ1v) is 6.99. The zero-order valence-electron chi connectivity index (χ0n) is 12.5. The first kappa shape index (κ1) is 15.0. The maximum absolute atomic E-state index is 11.2. The molecule has 0 saturated heterocycles. The van der Waals surface area contributed by atoms with Gasteiger partial charge in [-0.05, 0) is 47.7 Å². The van der Waals surface area contributed by atoms with Crippen molar-refractivity contribution in [1.29, 1.82) is 0 Å². The van der Waals surface area contributed by atoms with Gasteiger partial charge in [0.1, 0.15) is 5.75 Å². The molecule has 0 aliphatic rings. The van der Waals surface area contributed by atoms with Crippen molar-refractivity contribution < 1.29 is 9.66 Å². The SMILES string of the molecule is CCC(C)c1cc(-c2ccc(OC)cc2)ccc1[N+](=O)[O-]. The van der Waals surface area contributed by atoms with Crippen LogP contribution < -0.4 is 4.74 Å². The van der Waals surface area contributed by atoms with Gasteiger partial charge in [0.25, 0.3) is 5.69 Å². The number of nitro groups is 1. The van der Waals surface area contributed by atoms with Gasteiger partial charge in [-0.25, -0.2) is 0 Å². The number of hydrogen-bond acceptors (Lipinski definition) is 3. The lowest BCUT2D eigenvalue weighted by atomic mass is 9.93. The Morgan fingerprint density at radius 2 is 1.76 bits per heavy atom. The normalized spacial score (nSPS) is 12.0. The van der Waals surface area contributed by atoms with Crippen molar-refractivity contribution in [3.05, 3.63) is 58.1 Å². The number of hydrogen-bond donors (Lipinski definition) is 0. The second-order valence-corrected chi connectivity index (χ2v) is 5.07. The van der Waals surface area contributed by atoms with Crippen molar-refractivity contribution in [3.8, 4) is 16.9 Å². The Labute approximate surface area is 124 Å². The van der Waals surface area contributed by atoms with E-state index in [0.29, 0.717) is 0 Å². The molecule has 0 fully saturated rings. The van der Waals surface area contributed by atoms with Crippen LogP contribution in [0.5, 0.6) is 5.75 Å². The second-order valence-electron chi connectivity index (χ2n) is 5.07. The highest BCUT2D eigenvalue weighted by Crippen LogP contribution is 2.33. The molecule has 0 amide bonds. The first-order valence-electron chi connectivity index (χ1n) is 6.99. The Morgan fingerprint density at radius 3 is 2.29 bits per heavy atom. The van der Waals surface area contributed by atoms with Gasteiger partial charge in [-0.1, -0.05) is 26.0 Å². The van der Waals surface area contributed by atoms with Gasteiger partial charge in [0.15, 0.2) is 0 Å². The van der Waals surface area contributed by atoms with E-state index in [0.717, 1.165) is 28.9 Å². The predicted molar refractivity (Wildman–Crippen MR) is 83.8 cm³/mol. The van der Waals surface area contributed by atoms with Crippen LogP contribution in [0.3, 0.4) is 0 Å². The van der Waals surface area contributed by atoms with Gasteiger partial charge >= 0.3 is 0 Å². The minimum absolute atomic E-state index is 0.156. The van der Waals surface area contributed by atoms with E-state index in [2.05, 4.69) is 0 Å². The molecule has 0 bridgehead atoms. The number of ether oxygens (including phenoxy) is 1. The molecule has 4 nitrogen and oxygen atoms in total. The third-order valence-corrected chi connectivity index (χ3v) is 3.79. The van der Waals surface area contributed by atoms with E-state index in [9.17, 15) is 10.1 Å². The van der Waals surface area contributed by atoms with Gasteiger partial charge in [0, 0.05) is 11.6 Å². The monoisotopic (exact) mass is 285 g/mol. The standard InChI is InChI=1S/C17H19NO3/c1-4-12(2)16-11-14(7-10-17(16)18(19)20)13-5-8-15(21-3)9-6-13/h5-12H,4H2,1-3H3. The van der Waals surface area contributed by atoms with Crippen LogP contribution >= 0.6 is 0 Å². The molecule has 0 radical (unpaired) electrons. The topological polar surface area (TPSA) is 52.4 Å². The van der Waals surface area contributed by atoms with Gasteiger partial charge in [-0.15, -0.1) is 0 Å². The molecular weight excluding hydrogens is 266 g/mol. The molecule has 21 heavy (non-hydrogen) atoms. The lowest BCUT2D eigenvalue weighted by Crippen LogP contribution is -1.99. The summed E-state index contributed by atoms with van der Waals surface area (Å²) >= 11 is 0. The zero-order chi connectivity index (χ0) is 15.4. The number of benzene rings is 2. The van der Waals surface area contributed by atoms with E-state index >= 15 is 0 Å². The Morgan fingerprint density at radius 1 is 1.14 bits per heavy atom. The summed E-state index contributed by atoms with van der Waals surface area (Å²) in [6, 6.07) is 13.0. The Kier molecular flexibility index (Phi) is 4.58. The lowest BCUT2D eigenvalue weighted by Gasteiger charge is -2.12. The van der Waals surface area contributed by atoms with Crippen LogP contribution in [0.25, 0.3) is 11.1 Å². The molecule has 1 unspecified atom stereocenters. The Hall–Kier alpha value is -2.36. The van der Waals surface area contributed by atoms with Crippen molar-refractivity contribution in [3.63, 3.8) is 0 Å². The average Bonchev–Trinajstić information content (AvgIpc) is 2.53. The molecule has 1 atom stereocenters. The Balaban J connectivity index is 2.47. The van der Waals surface area contributed by atoms with Crippen LogP contribution in [0.15, 0.2) is 42.5 Å². The van der Waals surface area contributed by atoms with E-state index < -0.39 is 0 Å². The zero-order valence-corrected chi connectivity index (χ0v) is 12.5.